The van der Waals surface area contributed by atoms with Crippen molar-refractivity contribution in [2.24, 2.45) is 0 Å². The Morgan fingerprint density at radius 3 is 2.62 bits per heavy atom. The number of aromatic nitrogens is 1. The first-order valence-electron chi connectivity index (χ1n) is 9.73. The van der Waals surface area contributed by atoms with Crippen LogP contribution in [-0.2, 0) is 4.79 Å². The van der Waals surface area contributed by atoms with Gasteiger partial charge in [0.1, 0.15) is 12.2 Å². The number of nitrogens with one attached hydrogen (secondary N) is 1. The average molecular weight is 435 g/mol. The van der Waals surface area contributed by atoms with Crippen molar-refractivity contribution in [3.8, 4) is 0 Å². The first kappa shape index (κ1) is 21.4. The Morgan fingerprint density at radius 2 is 1.93 bits per heavy atom. The quantitative estimate of drug-likeness (QED) is 0.697. The second kappa shape index (κ2) is 9.94. The van der Waals surface area contributed by atoms with Crippen LogP contribution in [0.25, 0.3) is 0 Å². The molecule has 0 bridgehead atoms. The van der Waals surface area contributed by atoms with E-state index >= 15 is 0 Å². The first-order valence-corrected chi connectivity index (χ1v) is 10.5. The van der Waals surface area contributed by atoms with E-state index in [0.29, 0.717) is 28.0 Å². The minimum Gasteiger partial charge on any atom is -0.371 e. The van der Waals surface area contributed by atoms with Gasteiger partial charge in [0.15, 0.2) is 0 Å². The third-order valence-electron chi connectivity index (χ3n) is 4.75. The Hall–Kier alpha value is -2.31. The van der Waals surface area contributed by atoms with Crippen LogP contribution in [0.5, 0.6) is 0 Å². The number of hydrogen-bond donors (Lipinski definition) is 1. The Kier molecular flexibility index (Phi) is 7.34. The van der Waals surface area contributed by atoms with Crippen molar-refractivity contribution < 1.29 is 9.59 Å². The molecule has 0 atom stereocenters. The molecular formula is C21H24Cl2N4O2. The van der Waals surface area contributed by atoms with Gasteiger partial charge in [-0.25, -0.2) is 0 Å². The highest BCUT2D eigenvalue weighted by Crippen LogP contribution is 2.25. The summed E-state index contributed by atoms with van der Waals surface area (Å²) in [5.74, 6) is -0.586. The lowest BCUT2D eigenvalue weighted by molar-refractivity contribution is -0.116. The van der Waals surface area contributed by atoms with Crippen LogP contribution < -0.4 is 10.2 Å². The minimum atomic E-state index is -0.327. The number of amides is 2. The van der Waals surface area contributed by atoms with E-state index in [1.165, 1.54) is 4.90 Å². The number of pyridine rings is 1. The molecular weight excluding hydrogens is 411 g/mol. The molecule has 1 N–H and O–H groups in total. The molecule has 0 spiro atoms. The molecule has 0 saturated carbocycles. The third-order valence-corrected chi connectivity index (χ3v) is 5.30. The SMILES string of the molecule is CCCN(CC(=O)Nc1ccc(Cl)cc1Cl)C(=O)c1cc(N2CCCC2)ccn1. The zero-order valence-corrected chi connectivity index (χ0v) is 17.8. The molecule has 29 heavy (non-hydrogen) atoms. The zero-order valence-electron chi connectivity index (χ0n) is 16.3. The van der Waals surface area contributed by atoms with Crippen molar-refractivity contribution in [2.75, 3.05) is 36.4 Å². The molecule has 1 fully saturated rings. The van der Waals surface area contributed by atoms with Gasteiger partial charge in [-0.1, -0.05) is 30.1 Å². The van der Waals surface area contributed by atoms with Crippen molar-refractivity contribution in [1.29, 1.82) is 0 Å². The molecule has 1 aromatic heterocycles. The normalized spacial score (nSPS) is 13.4. The van der Waals surface area contributed by atoms with Crippen molar-refractivity contribution in [2.45, 2.75) is 26.2 Å². The third kappa shape index (κ3) is 5.61. The van der Waals surface area contributed by atoms with Gasteiger partial charge in [-0.05, 0) is 49.6 Å². The van der Waals surface area contributed by atoms with E-state index in [4.69, 9.17) is 23.2 Å². The van der Waals surface area contributed by atoms with E-state index in [1.54, 1.807) is 24.4 Å². The van der Waals surface area contributed by atoms with Gasteiger partial charge in [-0.15, -0.1) is 0 Å². The monoisotopic (exact) mass is 434 g/mol. The maximum atomic E-state index is 13.0. The molecule has 8 heteroatoms. The van der Waals surface area contributed by atoms with E-state index in [2.05, 4.69) is 15.2 Å². The average Bonchev–Trinajstić information content (AvgIpc) is 3.24. The number of nitrogens with zero attached hydrogens (tertiary/aromatic N) is 3. The number of benzene rings is 1. The van der Waals surface area contributed by atoms with Gasteiger partial charge in [0.2, 0.25) is 5.91 Å². The van der Waals surface area contributed by atoms with E-state index in [9.17, 15) is 9.59 Å². The minimum absolute atomic E-state index is 0.0821. The van der Waals surface area contributed by atoms with Crippen LogP contribution in [0.1, 0.15) is 36.7 Å². The molecule has 0 unspecified atom stereocenters. The number of carbonyl (C=O) groups excluding carboxylic acids is 2. The fourth-order valence-electron chi connectivity index (χ4n) is 3.35. The van der Waals surface area contributed by atoms with E-state index in [0.717, 1.165) is 38.0 Å². The second-order valence-electron chi connectivity index (χ2n) is 6.99. The highest BCUT2D eigenvalue weighted by Gasteiger charge is 2.21. The Morgan fingerprint density at radius 1 is 1.17 bits per heavy atom. The van der Waals surface area contributed by atoms with E-state index < -0.39 is 0 Å². The summed E-state index contributed by atoms with van der Waals surface area (Å²) >= 11 is 12.0. The fourth-order valence-corrected chi connectivity index (χ4v) is 3.80. The molecule has 2 heterocycles. The molecule has 6 nitrogen and oxygen atoms in total. The lowest BCUT2D eigenvalue weighted by atomic mass is 10.2. The van der Waals surface area contributed by atoms with E-state index in [1.807, 2.05) is 19.1 Å². The van der Waals surface area contributed by atoms with Crippen molar-refractivity contribution in [1.82, 2.24) is 9.88 Å². The van der Waals surface area contributed by atoms with Crippen molar-refractivity contribution in [3.05, 3.63) is 52.3 Å². The molecule has 0 aliphatic carbocycles. The summed E-state index contributed by atoms with van der Waals surface area (Å²) in [6.45, 7) is 4.31. The maximum absolute atomic E-state index is 13.0. The summed E-state index contributed by atoms with van der Waals surface area (Å²) in [5.41, 5.74) is 1.80. The molecule has 3 rings (SSSR count). The lowest BCUT2D eigenvalue weighted by Crippen LogP contribution is -2.39. The van der Waals surface area contributed by atoms with Gasteiger partial charge in [0.25, 0.3) is 5.91 Å². The largest absolute Gasteiger partial charge is 0.371 e. The predicted octanol–water partition coefficient (Wildman–Crippen LogP) is 4.48. The Labute approximate surface area is 180 Å². The van der Waals surface area contributed by atoms with Gasteiger partial charge in [0.05, 0.1) is 10.7 Å². The summed E-state index contributed by atoms with van der Waals surface area (Å²) in [4.78, 5) is 33.5. The number of rotatable bonds is 7. The van der Waals surface area contributed by atoms with Crippen LogP contribution >= 0.6 is 23.2 Å². The highest BCUT2D eigenvalue weighted by molar-refractivity contribution is 6.36. The highest BCUT2D eigenvalue weighted by atomic mass is 35.5. The summed E-state index contributed by atoms with van der Waals surface area (Å²) in [6, 6.07) is 8.56. The summed E-state index contributed by atoms with van der Waals surface area (Å²) in [5, 5.41) is 3.57. The van der Waals surface area contributed by atoms with Crippen LogP contribution in [0.15, 0.2) is 36.5 Å². The number of carbonyl (C=O) groups is 2. The summed E-state index contributed by atoms with van der Waals surface area (Å²) in [7, 11) is 0. The van der Waals surface area contributed by atoms with Crippen LogP contribution in [0.3, 0.4) is 0 Å². The van der Waals surface area contributed by atoms with Crippen molar-refractivity contribution >= 4 is 46.4 Å². The molecule has 1 aliphatic rings. The van der Waals surface area contributed by atoms with Crippen LogP contribution in [0.2, 0.25) is 10.0 Å². The first-order chi connectivity index (χ1) is 14.0. The van der Waals surface area contributed by atoms with Crippen LogP contribution in [-0.4, -0.2) is 47.9 Å². The standard InChI is InChI=1S/C21H24Cl2N4O2/c1-2-9-27(14-20(28)25-18-6-5-15(22)12-17(18)23)21(29)19-13-16(7-8-24-19)26-10-3-4-11-26/h5-8,12-13H,2-4,9-11,14H2,1H3,(H,25,28). The predicted molar refractivity (Wildman–Crippen MR) is 117 cm³/mol. The van der Waals surface area contributed by atoms with Crippen LogP contribution in [0.4, 0.5) is 11.4 Å². The Balaban J connectivity index is 1.70. The fraction of sp³-hybridized carbons (Fsp3) is 0.381. The Bertz CT molecular complexity index is 885. The zero-order chi connectivity index (χ0) is 20.8. The molecule has 0 radical (unpaired) electrons. The number of hydrogen-bond acceptors (Lipinski definition) is 4. The van der Waals surface area contributed by atoms with Gasteiger partial charge in [-0.2, -0.15) is 0 Å². The molecule has 1 saturated heterocycles. The molecule has 2 aromatic rings. The molecule has 154 valence electrons. The summed E-state index contributed by atoms with van der Waals surface area (Å²) in [6.07, 6.45) is 4.69. The number of anilines is 2. The molecule has 1 aliphatic heterocycles. The van der Waals surface area contributed by atoms with E-state index in [-0.39, 0.29) is 18.4 Å². The molecule has 1 aromatic carbocycles. The smallest absolute Gasteiger partial charge is 0.272 e. The van der Waals surface area contributed by atoms with Crippen molar-refractivity contribution in [3.63, 3.8) is 0 Å². The van der Waals surface area contributed by atoms with Crippen LogP contribution in [0, 0.1) is 0 Å². The van der Waals surface area contributed by atoms with Gasteiger partial charge in [-0.3, -0.25) is 14.6 Å². The number of halogens is 2. The maximum Gasteiger partial charge on any atom is 0.272 e. The topological polar surface area (TPSA) is 65.5 Å². The molecule has 2 amide bonds. The summed E-state index contributed by atoms with van der Waals surface area (Å²) < 4.78 is 0. The lowest BCUT2D eigenvalue weighted by Gasteiger charge is -2.23. The second-order valence-corrected chi connectivity index (χ2v) is 7.84. The van der Waals surface area contributed by atoms with Gasteiger partial charge < -0.3 is 15.1 Å². The van der Waals surface area contributed by atoms with Gasteiger partial charge in [0, 0.05) is 36.5 Å². The van der Waals surface area contributed by atoms with Gasteiger partial charge >= 0.3 is 0 Å².